The van der Waals surface area contributed by atoms with Crippen molar-refractivity contribution in [2.75, 3.05) is 23.5 Å². The molecule has 0 atom stereocenters. The van der Waals surface area contributed by atoms with Gasteiger partial charge in [-0.05, 0) is 56.3 Å². The minimum atomic E-state index is -0.580. The number of fused-ring (bicyclic) bond motifs is 1. The molecule has 174 valence electrons. The van der Waals surface area contributed by atoms with Crippen molar-refractivity contribution in [1.29, 1.82) is 0 Å². The summed E-state index contributed by atoms with van der Waals surface area (Å²) in [6, 6.07) is 9.50. The van der Waals surface area contributed by atoms with Gasteiger partial charge in [-0.25, -0.2) is 19.2 Å². The third-order valence-corrected chi connectivity index (χ3v) is 5.25. The SMILES string of the molecule is COc1ccc(C(=O)c2cn(C(C)C)c3ncnc(N)c23)cc1NC(=O)Nc1ccc(F)cc1. The Hall–Kier alpha value is -4.47. The number of ketones is 1. The molecule has 4 rings (SSSR count). The highest BCUT2D eigenvalue weighted by Crippen LogP contribution is 2.31. The number of hydrogen-bond donors (Lipinski definition) is 3. The van der Waals surface area contributed by atoms with Crippen molar-refractivity contribution in [3.8, 4) is 5.75 Å². The van der Waals surface area contributed by atoms with E-state index in [4.69, 9.17) is 10.5 Å². The molecule has 9 nitrogen and oxygen atoms in total. The molecule has 0 spiro atoms. The number of urea groups is 1. The lowest BCUT2D eigenvalue weighted by Crippen LogP contribution is -2.20. The maximum Gasteiger partial charge on any atom is 0.323 e. The monoisotopic (exact) mass is 462 g/mol. The van der Waals surface area contributed by atoms with Crippen LogP contribution in [0.4, 0.5) is 26.4 Å². The van der Waals surface area contributed by atoms with E-state index in [1.165, 1.54) is 43.8 Å². The lowest BCUT2D eigenvalue weighted by atomic mass is 10.0. The van der Waals surface area contributed by atoms with Crippen LogP contribution in [0.3, 0.4) is 0 Å². The van der Waals surface area contributed by atoms with Crippen LogP contribution < -0.4 is 21.1 Å². The van der Waals surface area contributed by atoms with Crippen molar-refractivity contribution in [1.82, 2.24) is 14.5 Å². The molecule has 2 amide bonds. The molecule has 0 radical (unpaired) electrons. The Bertz CT molecular complexity index is 1380. The number of anilines is 3. The highest BCUT2D eigenvalue weighted by Gasteiger charge is 2.22. The molecule has 2 aromatic carbocycles. The van der Waals surface area contributed by atoms with Gasteiger partial charge in [-0.1, -0.05) is 0 Å². The van der Waals surface area contributed by atoms with E-state index in [0.29, 0.717) is 33.6 Å². The normalized spacial score (nSPS) is 11.0. The maximum absolute atomic E-state index is 13.5. The summed E-state index contributed by atoms with van der Waals surface area (Å²) in [7, 11) is 1.45. The number of nitrogen functional groups attached to an aromatic ring is 1. The fourth-order valence-electron chi connectivity index (χ4n) is 3.59. The Kier molecular flexibility index (Phi) is 6.13. The van der Waals surface area contributed by atoms with Crippen LogP contribution in [0.25, 0.3) is 11.0 Å². The van der Waals surface area contributed by atoms with Gasteiger partial charge in [0.2, 0.25) is 0 Å². The van der Waals surface area contributed by atoms with E-state index in [0.717, 1.165) is 0 Å². The Labute approximate surface area is 194 Å². The Balaban J connectivity index is 1.67. The fourth-order valence-corrected chi connectivity index (χ4v) is 3.59. The fraction of sp³-hybridized carbons (Fsp3) is 0.167. The van der Waals surface area contributed by atoms with E-state index in [9.17, 15) is 14.0 Å². The van der Waals surface area contributed by atoms with Gasteiger partial charge >= 0.3 is 6.03 Å². The van der Waals surface area contributed by atoms with Crippen LogP contribution in [0, 0.1) is 5.82 Å². The van der Waals surface area contributed by atoms with Gasteiger partial charge in [-0.15, -0.1) is 0 Å². The van der Waals surface area contributed by atoms with E-state index in [-0.39, 0.29) is 23.3 Å². The first kappa shape index (κ1) is 22.7. The quantitative estimate of drug-likeness (QED) is 0.359. The molecule has 0 aliphatic heterocycles. The average Bonchev–Trinajstić information content (AvgIpc) is 3.21. The number of rotatable bonds is 6. The van der Waals surface area contributed by atoms with E-state index in [1.807, 2.05) is 18.4 Å². The summed E-state index contributed by atoms with van der Waals surface area (Å²) in [4.78, 5) is 34.3. The zero-order valence-electron chi connectivity index (χ0n) is 18.8. The van der Waals surface area contributed by atoms with Crippen molar-refractivity contribution in [2.24, 2.45) is 0 Å². The summed E-state index contributed by atoms with van der Waals surface area (Å²) in [5.41, 5.74) is 8.00. The molecular formula is C24H23FN6O3. The molecule has 4 aromatic rings. The largest absolute Gasteiger partial charge is 0.495 e. The van der Waals surface area contributed by atoms with Gasteiger partial charge in [0, 0.05) is 23.5 Å². The number of nitrogens with zero attached hydrogens (tertiary/aromatic N) is 3. The van der Waals surface area contributed by atoms with Crippen molar-refractivity contribution in [2.45, 2.75) is 19.9 Å². The van der Waals surface area contributed by atoms with Gasteiger partial charge in [-0.2, -0.15) is 0 Å². The number of amides is 2. The molecule has 4 N–H and O–H groups in total. The van der Waals surface area contributed by atoms with Crippen LogP contribution in [0.5, 0.6) is 5.75 Å². The first-order chi connectivity index (χ1) is 16.3. The number of nitrogens with two attached hydrogens (primary N) is 1. The summed E-state index contributed by atoms with van der Waals surface area (Å²) in [6.45, 7) is 3.95. The second kappa shape index (κ2) is 9.18. The van der Waals surface area contributed by atoms with Gasteiger partial charge in [0.15, 0.2) is 5.78 Å². The van der Waals surface area contributed by atoms with E-state index in [2.05, 4.69) is 20.6 Å². The van der Waals surface area contributed by atoms with E-state index in [1.54, 1.807) is 18.3 Å². The highest BCUT2D eigenvalue weighted by atomic mass is 19.1. The molecule has 0 aliphatic rings. The highest BCUT2D eigenvalue weighted by molar-refractivity contribution is 6.18. The van der Waals surface area contributed by atoms with Crippen LogP contribution >= 0.6 is 0 Å². The van der Waals surface area contributed by atoms with Gasteiger partial charge < -0.3 is 25.7 Å². The zero-order valence-corrected chi connectivity index (χ0v) is 18.8. The smallest absolute Gasteiger partial charge is 0.323 e. The van der Waals surface area contributed by atoms with Gasteiger partial charge in [-0.3, -0.25) is 4.79 Å². The summed E-state index contributed by atoms with van der Waals surface area (Å²) in [6.07, 6.45) is 3.07. The molecule has 0 unspecified atom stereocenters. The van der Waals surface area contributed by atoms with Crippen molar-refractivity contribution >= 4 is 40.0 Å². The molecule has 0 bridgehead atoms. The van der Waals surface area contributed by atoms with Gasteiger partial charge in [0.1, 0.15) is 29.4 Å². The van der Waals surface area contributed by atoms with Gasteiger partial charge in [0.25, 0.3) is 0 Å². The van der Waals surface area contributed by atoms with E-state index < -0.39 is 11.8 Å². The molecular weight excluding hydrogens is 439 g/mol. The number of benzene rings is 2. The molecule has 2 heterocycles. The predicted molar refractivity (Wildman–Crippen MR) is 128 cm³/mol. The van der Waals surface area contributed by atoms with E-state index >= 15 is 0 Å². The molecule has 34 heavy (non-hydrogen) atoms. The zero-order chi connectivity index (χ0) is 24.4. The number of methoxy groups -OCH3 is 1. The molecule has 0 saturated carbocycles. The minimum absolute atomic E-state index is 0.0432. The number of nitrogens with one attached hydrogen (secondary N) is 2. The van der Waals surface area contributed by atoms with Crippen molar-refractivity contribution in [3.63, 3.8) is 0 Å². The molecule has 0 aliphatic carbocycles. The summed E-state index contributed by atoms with van der Waals surface area (Å²) in [5, 5.41) is 5.74. The molecule has 0 saturated heterocycles. The Morgan fingerprint density at radius 1 is 1.09 bits per heavy atom. The standard InChI is InChI=1S/C24H23FN6O3/c1-13(2)31-11-17(20-22(26)27-12-28-23(20)31)21(32)14-4-9-19(34-3)18(10-14)30-24(33)29-16-7-5-15(25)6-8-16/h4-13H,1-3H3,(H2,26,27,28)(H2,29,30,33). The number of ether oxygens (including phenoxy) is 1. The first-order valence-corrected chi connectivity index (χ1v) is 10.5. The Morgan fingerprint density at radius 2 is 1.82 bits per heavy atom. The summed E-state index contributed by atoms with van der Waals surface area (Å²) < 4.78 is 20.3. The first-order valence-electron chi connectivity index (χ1n) is 10.5. The molecule has 2 aromatic heterocycles. The predicted octanol–water partition coefficient (Wildman–Crippen LogP) is 4.62. The topological polar surface area (TPSA) is 124 Å². The molecule has 10 heteroatoms. The van der Waals surface area contributed by atoms with Crippen LogP contribution in [-0.4, -0.2) is 33.5 Å². The number of aromatic nitrogens is 3. The lowest BCUT2D eigenvalue weighted by molar-refractivity contribution is 0.104. The van der Waals surface area contributed by atoms with Crippen LogP contribution in [0.15, 0.2) is 55.0 Å². The summed E-state index contributed by atoms with van der Waals surface area (Å²) in [5.74, 6) is -0.157. The molecule has 0 fully saturated rings. The van der Waals surface area contributed by atoms with Crippen LogP contribution in [-0.2, 0) is 0 Å². The second-order valence-corrected chi connectivity index (χ2v) is 7.83. The third-order valence-electron chi connectivity index (χ3n) is 5.25. The number of carbonyl (C=O) groups excluding carboxylic acids is 2. The number of hydrogen-bond acceptors (Lipinski definition) is 6. The minimum Gasteiger partial charge on any atom is -0.495 e. The second-order valence-electron chi connectivity index (χ2n) is 7.83. The number of carbonyl (C=O) groups is 2. The number of halogens is 1. The lowest BCUT2D eigenvalue weighted by Gasteiger charge is -2.13. The Morgan fingerprint density at radius 3 is 2.50 bits per heavy atom. The van der Waals surface area contributed by atoms with Crippen LogP contribution in [0.2, 0.25) is 0 Å². The van der Waals surface area contributed by atoms with Crippen molar-refractivity contribution in [3.05, 3.63) is 71.9 Å². The summed E-state index contributed by atoms with van der Waals surface area (Å²) >= 11 is 0. The maximum atomic E-state index is 13.5. The average molecular weight is 462 g/mol. The van der Waals surface area contributed by atoms with Gasteiger partial charge in [0.05, 0.1) is 23.7 Å². The van der Waals surface area contributed by atoms with Crippen LogP contribution in [0.1, 0.15) is 35.8 Å². The third kappa shape index (κ3) is 4.38. The van der Waals surface area contributed by atoms with Crippen molar-refractivity contribution < 1.29 is 18.7 Å².